The molecule has 4 rings (SSSR count). The highest BCUT2D eigenvalue weighted by atomic mass is 32.1. The average molecular weight is 394 g/mol. The van der Waals surface area contributed by atoms with E-state index in [-0.39, 0.29) is 11.8 Å². The van der Waals surface area contributed by atoms with Gasteiger partial charge in [-0.25, -0.2) is 9.97 Å². The maximum absolute atomic E-state index is 12.5. The fourth-order valence-electron chi connectivity index (χ4n) is 2.56. The van der Waals surface area contributed by atoms with Gasteiger partial charge < -0.3 is 5.32 Å². The first-order valence-corrected chi connectivity index (χ1v) is 9.82. The van der Waals surface area contributed by atoms with Gasteiger partial charge in [0.15, 0.2) is 5.13 Å². The zero-order valence-corrected chi connectivity index (χ0v) is 15.9. The van der Waals surface area contributed by atoms with Crippen LogP contribution in [-0.2, 0) is 4.79 Å². The van der Waals surface area contributed by atoms with Gasteiger partial charge in [-0.3, -0.25) is 14.9 Å². The van der Waals surface area contributed by atoms with Crippen LogP contribution >= 0.6 is 22.7 Å². The Kier molecular flexibility index (Phi) is 4.66. The molecule has 2 amide bonds. The predicted molar refractivity (Wildman–Crippen MR) is 109 cm³/mol. The Bertz CT molecular complexity index is 1130. The Hall–Kier alpha value is -3.10. The summed E-state index contributed by atoms with van der Waals surface area (Å²) < 4.78 is 0.974. The summed E-state index contributed by atoms with van der Waals surface area (Å²) >= 11 is 2.87. The number of anilines is 2. The summed E-state index contributed by atoms with van der Waals surface area (Å²) in [6, 6.07) is 12.8. The maximum Gasteiger partial charge on any atom is 0.257 e. The molecule has 0 aliphatic rings. The highest BCUT2D eigenvalue weighted by molar-refractivity contribution is 7.16. The van der Waals surface area contributed by atoms with Crippen molar-refractivity contribution < 1.29 is 9.59 Å². The maximum atomic E-state index is 12.5. The molecule has 0 fully saturated rings. The summed E-state index contributed by atoms with van der Waals surface area (Å²) in [4.78, 5) is 32.2. The number of fused-ring (bicyclic) bond motifs is 1. The van der Waals surface area contributed by atoms with E-state index >= 15 is 0 Å². The van der Waals surface area contributed by atoms with Gasteiger partial charge in [-0.1, -0.05) is 12.1 Å². The second-order valence-corrected chi connectivity index (χ2v) is 7.53. The molecule has 0 saturated heterocycles. The molecule has 27 heavy (non-hydrogen) atoms. The zero-order valence-electron chi connectivity index (χ0n) is 14.2. The number of aromatic nitrogens is 2. The molecule has 8 heteroatoms. The fourth-order valence-corrected chi connectivity index (χ4v) is 3.99. The molecule has 4 aromatic rings. The van der Waals surface area contributed by atoms with E-state index in [4.69, 9.17) is 0 Å². The molecule has 134 valence electrons. The summed E-state index contributed by atoms with van der Waals surface area (Å²) in [5.41, 5.74) is 5.62. The van der Waals surface area contributed by atoms with Crippen LogP contribution in [0.3, 0.4) is 0 Å². The largest absolute Gasteiger partial charge is 0.326 e. The monoisotopic (exact) mass is 394 g/mol. The Morgan fingerprint density at radius 2 is 1.81 bits per heavy atom. The van der Waals surface area contributed by atoms with E-state index in [1.54, 1.807) is 11.6 Å². The second kappa shape index (κ2) is 7.26. The molecule has 0 radical (unpaired) electrons. The molecule has 0 aliphatic carbocycles. The molecule has 2 N–H and O–H groups in total. The molecule has 2 aromatic heterocycles. The molecule has 2 heterocycles. The van der Waals surface area contributed by atoms with Crippen molar-refractivity contribution in [1.82, 2.24) is 9.97 Å². The van der Waals surface area contributed by atoms with Gasteiger partial charge in [0.2, 0.25) is 5.91 Å². The van der Waals surface area contributed by atoms with Crippen LogP contribution in [0.1, 0.15) is 17.3 Å². The number of thiazole rings is 2. The van der Waals surface area contributed by atoms with Crippen molar-refractivity contribution in [3.63, 3.8) is 0 Å². The molecule has 0 atom stereocenters. The van der Waals surface area contributed by atoms with Gasteiger partial charge in [0.05, 0.1) is 21.4 Å². The molecule has 2 aromatic carbocycles. The lowest BCUT2D eigenvalue weighted by Gasteiger charge is -2.03. The van der Waals surface area contributed by atoms with Crippen LogP contribution in [0, 0.1) is 0 Å². The van der Waals surface area contributed by atoms with E-state index in [2.05, 4.69) is 20.6 Å². The van der Waals surface area contributed by atoms with Gasteiger partial charge in [-0.05, 0) is 30.3 Å². The van der Waals surface area contributed by atoms with Gasteiger partial charge in [-0.15, -0.1) is 22.7 Å². The fraction of sp³-hybridized carbons (Fsp3) is 0.0526. The van der Waals surface area contributed by atoms with Crippen molar-refractivity contribution in [3.8, 4) is 11.3 Å². The number of hydrogen-bond acceptors (Lipinski definition) is 6. The van der Waals surface area contributed by atoms with Crippen molar-refractivity contribution >= 4 is 55.5 Å². The van der Waals surface area contributed by atoms with Gasteiger partial charge in [0.25, 0.3) is 5.91 Å². The lowest BCUT2D eigenvalue weighted by Crippen LogP contribution is -2.11. The average Bonchev–Trinajstić information content (AvgIpc) is 3.30. The molecular weight excluding hydrogens is 380 g/mol. The lowest BCUT2D eigenvalue weighted by atomic mass is 10.1. The third-order valence-electron chi connectivity index (χ3n) is 3.82. The molecule has 0 aliphatic heterocycles. The molecular formula is C19H14N4O2S2. The third-order valence-corrected chi connectivity index (χ3v) is 5.37. The molecule has 0 saturated carbocycles. The predicted octanol–water partition coefficient (Wildman–Crippen LogP) is 4.63. The molecule has 0 bridgehead atoms. The van der Waals surface area contributed by atoms with E-state index in [9.17, 15) is 9.59 Å². The third kappa shape index (κ3) is 3.86. The van der Waals surface area contributed by atoms with E-state index in [1.165, 1.54) is 29.6 Å². The number of benzene rings is 2. The van der Waals surface area contributed by atoms with Gasteiger partial charge in [0.1, 0.15) is 0 Å². The number of carbonyl (C=O) groups is 2. The van der Waals surface area contributed by atoms with E-state index in [1.807, 2.05) is 41.8 Å². The number of rotatable bonds is 4. The standard InChI is InChI=1S/C19H14N4O2S2/c1-11(24)21-14-5-2-12(3-6-14)16-9-26-19(22-16)23-18(25)13-4-7-15-17(8-13)27-10-20-15/h2-10H,1H3,(H,21,24)(H,22,23,25). The second-order valence-electron chi connectivity index (χ2n) is 5.79. The minimum atomic E-state index is -0.202. The van der Waals surface area contributed by atoms with E-state index in [0.717, 1.165) is 27.2 Å². The summed E-state index contributed by atoms with van der Waals surface area (Å²) in [5.74, 6) is -0.315. The number of nitrogens with one attached hydrogen (secondary N) is 2. The first kappa shape index (κ1) is 17.3. The topological polar surface area (TPSA) is 84.0 Å². The minimum Gasteiger partial charge on any atom is -0.326 e. The number of nitrogens with zero attached hydrogens (tertiary/aromatic N) is 2. The first-order valence-electron chi connectivity index (χ1n) is 8.06. The Morgan fingerprint density at radius 3 is 2.59 bits per heavy atom. The van der Waals surface area contributed by atoms with Crippen LogP contribution in [0.2, 0.25) is 0 Å². The minimum absolute atomic E-state index is 0.113. The van der Waals surface area contributed by atoms with Gasteiger partial charge >= 0.3 is 0 Å². The zero-order chi connectivity index (χ0) is 18.8. The Labute approximate surface area is 162 Å². The van der Waals surface area contributed by atoms with Crippen LogP contribution in [0.5, 0.6) is 0 Å². The Balaban J connectivity index is 1.48. The van der Waals surface area contributed by atoms with Crippen LogP contribution in [0.4, 0.5) is 10.8 Å². The van der Waals surface area contributed by atoms with E-state index in [0.29, 0.717) is 10.7 Å². The Morgan fingerprint density at radius 1 is 1.00 bits per heavy atom. The number of hydrogen-bond donors (Lipinski definition) is 2. The highest BCUT2D eigenvalue weighted by Gasteiger charge is 2.11. The first-order chi connectivity index (χ1) is 13.1. The molecule has 0 spiro atoms. The summed E-state index contributed by atoms with van der Waals surface area (Å²) in [6.07, 6.45) is 0. The van der Waals surface area contributed by atoms with Crippen molar-refractivity contribution in [2.24, 2.45) is 0 Å². The number of carbonyl (C=O) groups excluding carboxylic acids is 2. The smallest absolute Gasteiger partial charge is 0.257 e. The summed E-state index contributed by atoms with van der Waals surface area (Å²) in [5, 5.41) is 7.98. The van der Waals surface area contributed by atoms with Crippen molar-refractivity contribution in [1.29, 1.82) is 0 Å². The SMILES string of the molecule is CC(=O)Nc1ccc(-c2csc(NC(=O)c3ccc4ncsc4c3)n2)cc1. The highest BCUT2D eigenvalue weighted by Crippen LogP contribution is 2.27. The lowest BCUT2D eigenvalue weighted by molar-refractivity contribution is -0.114. The van der Waals surface area contributed by atoms with Gasteiger partial charge in [0, 0.05) is 29.1 Å². The van der Waals surface area contributed by atoms with Crippen molar-refractivity contribution in [2.45, 2.75) is 6.92 Å². The normalized spacial score (nSPS) is 10.7. The van der Waals surface area contributed by atoms with Gasteiger partial charge in [-0.2, -0.15) is 0 Å². The van der Waals surface area contributed by atoms with Crippen LogP contribution in [-0.4, -0.2) is 21.8 Å². The van der Waals surface area contributed by atoms with Crippen molar-refractivity contribution in [2.75, 3.05) is 10.6 Å². The van der Waals surface area contributed by atoms with Crippen LogP contribution < -0.4 is 10.6 Å². The summed E-state index contributed by atoms with van der Waals surface area (Å²) in [7, 11) is 0. The molecule has 0 unspecified atom stereocenters. The quantitative estimate of drug-likeness (QED) is 0.528. The van der Waals surface area contributed by atoms with Crippen molar-refractivity contribution in [3.05, 3.63) is 58.9 Å². The van der Waals surface area contributed by atoms with E-state index < -0.39 is 0 Å². The molecule has 6 nitrogen and oxygen atoms in total. The van der Waals surface area contributed by atoms with Crippen LogP contribution in [0.25, 0.3) is 21.5 Å². The van der Waals surface area contributed by atoms with Crippen LogP contribution in [0.15, 0.2) is 53.4 Å². The summed E-state index contributed by atoms with van der Waals surface area (Å²) in [6.45, 7) is 1.47. The number of amides is 2.